The van der Waals surface area contributed by atoms with Crippen LogP contribution in [0.1, 0.15) is 11.1 Å². The van der Waals surface area contributed by atoms with Gasteiger partial charge >= 0.3 is 18.2 Å². The zero-order valence-electron chi connectivity index (χ0n) is 6.62. The monoisotopic (exact) mass is 226 g/mol. The molecular formula is C8H8BrFMg. The van der Waals surface area contributed by atoms with Gasteiger partial charge in [0.1, 0.15) is 5.82 Å². The third-order valence-electron chi connectivity index (χ3n) is 1.65. The first-order valence-electron chi connectivity index (χ1n) is 3.46. The lowest BCUT2D eigenvalue weighted by Gasteiger charge is -2.03. The van der Waals surface area contributed by atoms with Crippen molar-refractivity contribution in [2.24, 2.45) is 0 Å². The van der Waals surface area contributed by atoms with Crippen LogP contribution in [0.2, 0.25) is 0 Å². The molecule has 0 atom stereocenters. The summed E-state index contributed by atoms with van der Waals surface area (Å²) in [7, 11) is 0. The van der Waals surface area contributed by atoms with E-state index in [4.69, 9.17) is 0 Å². The second kappa shape index (κ2) is 3.87. The standard InChI is InChI=1S/C8H8F.BrH.Mg/c1-6-4-3-5-7(2)8(6)9;;/h4-5H,1-2H3;1H;/q;;+1/p-1. The second-order valence-electron chi connectivity index (χ2n) is 2.68. The van der Waals surface area contributed by atoms with Gasteiger partial charge in [0, 0.05) is 0 Å². The Hall–Kier alpha value is 0.396. The number of benzene rings is 1. The third-order valence-corrected chi connectivity index (χ3v) is 4.31. The second-order valence-corrected chi connectivity index (χ2v) is 5.44. The van der Waals surface area contributed by atoms with Crippen LogP contribution < -0.4 is 3.69 Å². The molecule has 0 saturated carbocycles. The molecule has 0 aromatic heterocycles. The summed E-state index contributed by atoms with van der Waals surface area (Å²) in [6, 6.07) is 3.84. The lowest BCUT2D eigenvalue weighted by Crippen LogP contribution is -2.10. The molecule has 56 valence electrons. The molecule has 0 fully saturated rings. The lowest BCUT2D eigenvalue weighted by molar-refractivity contribution is 0.610. The van der Waals surface area contributed by atoms with Crippen LogP contribution in [0.15, 0.2) is 12.1 Å². The third kappa shape index (κ3) is 2.17. The van der Waals surface area contributed by atoms with Gasteiger partial charge in [-0.2, -0.15) is 3.69 Å². The molecule has 0 bridgehead atoms. The topological polar surface area (TPSA) is 0 Å². The first-order chi connectivity index (χ1) is 5.15. The lowest BCUT2D eigenvalue weighted by atomic mass is 10.1. The molecule has 1 aromatic rings. The number of hydrogen-bond donors (Lipinski definition) is 0. The maximum Gasteiger partial charge on any atom is 0.506 e. The van der Waals surface area contributed by atoms with E-state index in [-0.39, 0.29) is 24.0 Å². The summed E-state index contributed by atoms with van der Waals surface area (Å²) >= 11 is 3.15. The van der Waals surface area contributed by atoms with E-state index >= 15 is 0 Å². The van der Waals surface area contributed by atoms with Gasteiger partial charge in [0.05, 0.1) is 0 Å². The molecule has 0 spiro atoms. The molecule has 0 saturated heterocycles. The van der Waals surface area contributed by atoms with Gasteiger partial charge in [0.2, 0.25) is 0 Å². The predicted molar refractivity (Wildman–Crippen MR) is 50.2 cm³/mol. The average Bonchev–Trinajstić information content (AvgIpc) is 1.99. The predicted octanol–water partition coefficient (Wildman–Crippen LogP) is 2.08. The molecule has 0 nitrogen and oxygen atoms in total. The first-order valence-corrected chi connectivity index (χ1v) is 8.07. The molecule has 0 radical (unpaired) electrons. The first kappa shape index (κ1) is 9.48. The summed E-state index contributed by atoms with van der Waals surface area (Å²) in [6.07, 6.45) is 0. The molecule has 0 amide bonds. The van der Waals surface area contributed by atoms with Crippen LogP contribution in [0.4, 0.5) is 4.39 Å². The Balaban J connectivity index is 3.21. The Morgan fingerprint density at radius 2 is 1.73 bits per heavy atom. The van der Waals surface area contributed by atoms with Gasteiger partial charge < -0.3 is 0 Å². The van der Waals surface area contributed by atoms with Crippen LogP contribution in [0.3, 0.4) is 0 Å². The summed E-state index contributed by atoms with van der Waals surface area (Å²) in [5, 5.41) is 0. The largest absolute Gasteiger partial charge is 0.506 e. The van der Waals surface area contributed by atoms with Crippen LogP contribution in [0.25, 0.3) is 0 Å². The van der Waals surface area contributed by atoms with Crippen LogP contribution in [-0.4, -0.2) is 18.2 Å². The van der Waals surface area contributed by atoms with Gasteiger partial charge in [0.15, 0.2) is 0 Å². The summed E-state index contributed by atoms with van der Waals surface area (Å²) in [5.41, 5.74) is 1.51. The van der Waals surface area contributed by atoms with Crippen molar-refractivity contribution in [2.75, 3.05) is 0 Å². The molecule has 1 aromatic carbocycles. The molecule has 0 unspecified atom stereocenters. The molecule has 0 heterocycles. The highest BCUT2D eigenvalue weighted by atomic mass is 79.9. The summed E-state index contributed by atoms with van der Waals surface area (Å²) in [6.45, 7) is 3.62. The maximum atomic E-state index is 13.0. The Morgan fingerprint density at radius 3 is 2.09 bits per heavy atom. The maximum absolute atomic E-state index is 13.0. The van der Waals surface area contributed by atoms with E-state index < -0.39 is 0 Å². The van der Waals surface area contributed by atoms with Crippen LogP contribution in [0, 0.1) is 19.7 Å². The number of hydrogen-bond acceptors (Lipinski definition) is 0. The van der Waals surface area contributed by atoms with Gasteiger partial charge in [-0.05, 0) is 25.0 Å². The smallest absolute Gasteiger partial charge is 0.296 e. The van der Waals surface area contributed by atoms with Gasteiger partial charge in [-0.15, -0.1) is 0 Å². The number of aryl methyl sites for hydroxylation is 2. The Kier molecular flexibility index (Phi) is 3.34. The molecule has 0 aliphatic rings. The molecule has 0 N–H and O–H groups in total. The van der Waals surface area contributed by atoms with Gasteiger partial charge in [0.25, 0.3) is 0 Å². The van der Waals surface area contributed by atoms with E-state index in [1.54, 1.807) is 0 Å². The van der Waals surface area contributed by atoms with Crippen LogP contribution in [-0.2, 0) is 0 Å². The average molecular weight is 227 g/mol. The van der Waals surface area contributed by atoms with E-state index in [1.807, 2.05) is 26.0 Å². The van der Waals surface area contributed by atoms with Crippen molar-refractivity contribution in [3.05, 3.63) is 29.1 Å². The molecule has 1 rings (SSSR count). The highest BCUT2D eigenvalue weighted by molar-refractivity contribution is 9.23. The van der Waals surface area contributed by atoms with Crippen molar-refractivity contribution in [3.8, 4) is 0 Å². The highest BCUT2D eigenvalue weighted by Crippen LogP contribution is 2.08. The fraction of sp³-hybridized carbons (Fsp3) is 0.250. The zero-order valence-corrected chi connectivity index (χ0v) is 9.62. The Labute approximate surface area is 81.8 Å². The number of halogens is 2. The fourth-order valence-corrected chi connectivity index (χ4v) is 2.85. The van der Waals surface area contributed by atoms with Crippen LogP contribution in [0.5, 0.6) is 0 Å². The summed E-state index contributed by atoms with van der Waals surface area (Å²) in [4.78, 5) is 0. The van der Waals surface area contributed by atoms with Crippen LogP contribution >= 0.6 is 12.9 Å². The van der Waals surface area contributed by atoms with Crippen molar-refractivity contribution in [3.63, 3.8) is 0 Å². The summed E-state index contributed by atoms with van der Waals surface area (Å²) in [5.74, 6) is -0.0660. The van der Waals surface area contributed by atoms with Crippen molar-refractivity contribution >= 4 is 34.8 Å². The Bertz CT molecular complexity index is 250. The minimum Gasteiger partial charge on any atom is -0.296 e. The van der Waals surface area contributed by atoms with Gasteiger partial charge in [-0.25, -0.2) is 4.39 Å². The molecule has 0 aliphatic heterocycles. The minimum atomic E-state index is -0.322. The molecule has 0 aliphatic carbocycles. The highest BCUT2D eigenvalue weighted by Gasteiger charge is 2.03. The summed E-state index contributed by atoms with van der Waals surface area (Å²) < 4.78 is 14.3. The zero-order chi connectivity index (χ0) is 8.43. The van der Waals surface area contributed by atoms with Crippen molar-refractivity contribution in [2.45, 2.75) is 13.8 Å². The van der Waals surface area contributed by atoms with E-state index in [0.29, 0.717) is 0 Å². The van der Waals surface area contributed by atoms with E-state index in [0.717, 1.165) is 11.1 Å². The molecule has 11 heavy (non-hydrogen) atoms. The quantitative estimate of drug-likeness (QED) is 0.644. The van der Waals surface area contributed by atoms with Crippen molar-refractivity contribution in [1.82, 2.24) is 0 Å². The molecular weight excluding hydrogens is 219 g/mol. The van der Waals surface area contributed by atoms with E-state index in [9.17, 15) is 4.39 Å². The van der Waals surface area contributed by atoms with E-state index in [2.05, 4.69) is 12.9 Å². The van der Waals surface area contributed by atoms with Gasteiger partial charge in [-0.3, -0.25) is 12.9 Å². The van der Waals surface area contributed by atoms with Crippen molar-refractivity contribution in [1.29, 1.82) is 0 Å². The van der Waals surface area contributed by atoms with E-state index in [1.165, 1.54) is 3.69 Å². The SMILES string of the molecule is Cc1c[c]([Mg][Br])cc(C)c1F. The minimum absolute atomic E-state index is 0.0660. The van der Waals surface area contributed by atoms with Crippen molar-refractivity contribution < 1.29 is 4.39 Å². The molecule has 3 heteroatoms. The van der Waals surface area contributed by atoms with Gasteiger partial charge in [-0.1, -0.05) is 12.1 Å². The Morgan fingerprint density at radius 1 is 1.27 bits per heavy atom. The normalized spacial score (nSPS) is 9.45. The number of rotatable bonds is 1. The fourth-order valence-electron chi connectivity index (χ4n) is 1.11.